The van der Waals surface area contributed by atoms with E-state index in [-0.39, 0.29) is 0 Å². The van der Waals surface area contributed by atoms with E-state index in [2.05, 4.69) is 166 Å². The normalized spacial score (nSPS) is 33.2. The molecule has 8 aliphatic carbocycles. The van der Waals surface area contributed by atoms with E-state index in [1.807, 2.05) is 0 Å². The molecular formula is C64H124. The molecule has 8 atom stereocenters. The highest BCUT2D eigenvalue weighted by atomic mass is 14.6. The summed E-state index contributed by atoms with van der Waals surface area (Å²) in [6.07, 6.45) is 22.6. The van der Waals surface area contributed by atoms with Crippen LogP contribution >= 0.6 is 0 Å². The van der Waals surface area contributed by atoms with Gasteiger partial charge in [-0.25, -0.2) is 0 Å². The van der Waals surface area contributed by atoms with E-state index in [1.165, 1.54) is 77.0 Å². The van der Waals surface area contributed by atoms with Crippen molar-refractivity contribution in [2.24, 2.45) is 146 Å². The van der Waals surface area contributed by atoms with Crippen LogP contribution in [0.5, 0.6) is 0 Å². The average Bonchev–Trinajstić information content (AvgIpc) is 3.97. The Labute approximate surface area is 407 Å². The van der Waals surface area contributed by atoms with E-state index < -0.39 is 0 Å². The third-order valence-electron chi connectivity index (χ3n) is 22.2. The molecule has 0 N–H and O–H groups in total. The van der Waals surface area contributed by atoms with Gasteiger partial charge in [0.1, 0.15) is 0 Å². The molecule has 380 valence electrons. The SMILES string of the molecule is CC(C)C1(C(C)C)C2CCC1CC2.CC(C)C1(C(C)C)CC1.CC(C)C1(C(C)C)CCC1.CC(C)C1CC1C(C)C.CC(C)C1CC2CC1CC2C(C)C.CC(C)C1CCC1C(C)C. The Hall–Kier alpha value is 0. The first-order valence-corrected chi connectivity index (χ1v) is 29.6. The lowest BCUT2D eigenvalue weighted by Crippen LogP contribution is -2.39. The summed E-state index contributed by atoms with van der Waals surface area (Å²) in [6.45, 7) is 57.2. The van der Waals surface area contributed by atoms with Gasteiger partial charge in [-0.2, -0.15) is 0 Å². The number of hydrogen-bond donors (Lipinski definition) is 0. The lowest BCUT2D eigenvalue weighted by molar-refractivity contribution is 0.0135. The summed E-state index contributed by atoms with van der Waals surface area (Å²) in [6, 6.07) is 0. The quantitative estimate of drug-likeness (QED) is 0.183. The fraction of sp³-hybridized carbons (Fsp3) is 1.00. The highest BCUT2D eigenvalue weighted by molar-refractivity contribution is 5.06. The standard InChI is InChI=1S/2C13H24.2C10H20.2C9H18/c1-8(2)12-6-11-5-10(12)7-13(11)9(3)4;1-9(2)13(10(3)4)11-5-6-12(13)8-7-11;1-8(2)10(9(3)4)6-5-7-10;1-7(2)9-5-6-10(9)8(3)4;1-7(2)9(5-6-9)8(3)4;1-6(2)8-5-9(8)7(3)4/h8-13H,5-7H2,1-4H3;9-12H,5-8H2,1-4H3;8-9H,5-7H2,1-4H3;7-10H,5-6H2,1-4H3;7-8H,5-6H2,1-4H3;6-9H,5H2,1-4H3. The molecule has 4 bridgehead atoms. The third kappa shape index (κ3) is 13.7. The molecule has 8 saturated carbocycles. The average molecular weight is 894 g/mol. The van der Waals surface area contributed by atoms with Crippen LogP contribution in [0.3, 0.4) is 0 Å². The van der Waals surface area contributed by atoms with Gasteiger partial charge in [0, 0.05) is 0 Å². The second-order valence-electron chi connectivity index (χ2n) is 28.8. The molecule has 8 rings (SSSR count). The van der Waals surface area contributed by atoms with Crippen molar-refractivity contribution in [3.8, 4) is 0 Å². The topological polar surface area (TPSA) is 0 Å². The second-order valence-corrected chi connectivity index (χ2v) is 28.8. The van der Waals surface area contributed by atoms with Crippen molar-refractivity contribution in [2.45, 2.75) is 262 Å². The van der Waals surface area contributed by atoms with E-state index in [1.54, 1.807) is 19.3 Å². The van der Waals surface area contributed by atoms with Gasteiger partial charge in [0.15, 0.2) is 0 Å². The van der Waals surface area contributed by atoms with Gasteiger partial charge in [0.2, 0.25) is 0 Å². The molecule has 64 heavy (non-hydrogen) atoms. The maximum absolute atomic E-state index is 2.46. The minimum Gasteiger partial charge on any atom is -0.0625 e. The summed E-state index contributed by atoms with van der Waals surface area (Å²) in [4.78, 5) is 0. The summed E-state index contributed by atoms with van der Waals surface area (Å²) < 4.78 is 0. The highest BCUT2D eigenvalue weighted by Crippen LogP contribution is 2.65. The summed E-state index contributed by atoms with van der Waals surface area (Å²) in [7, 11) is 0. The summed E-state index contributed by atoms with van der Waals surface area (Å²) >= 11 is 0. The van der Waals surface area contributed by atoms with Crippen molar-refractivity contribution in [3.05, 3.63) is 0 Å². The van der Waals surface area contributed by atoms with Crippen LogP contribution < -0.4 is 0 Å². The molecule has 0 aromatic rings. The maximum Gasteiger partial charge on any atom is -0.0195 e. The van der Waals surface area contributed by atoms with Crippen LogP contribution in [0.15, 0.2) is 0 Å². The molecule has 0 aromatic heterocycles. The summed E-state index contributed by atoms with van der Waals surface area (Å²) in [5.41, 5.74) is 2.19. The van der Waals surface area contributed by atoms with Crippen LogP contribution in [-0.4, -0.2) is 0 Å². The third-order valence-corrected chi connectivity index (χ3v) is 22.2. The van der Waals surface area contributed by atoms with Gasteiger partial charge < -0.3 is 0 Å². The lowest BCUT2D eigenvalue weighted by Gasteiger charge is -2.49. The van der Waals surface area contributed by atoms with E-state index >= 15 is 0 Å². The first-order chi connectivity index (χ1) is 29.6. The van der Waals surface area contributed by atoms with E-state index in [4.69, 9.17) is 0 Å². The van der Waals surface area contributed by atoms with Gasteiger partial charge in [-0.15, -0.1) is 0 Å². The monoisotopic (exact) mass is 893 g/mol. The number of hydrogen-bond acceptors (Lipinski definition) is 0. The number of rotatable bonds is 12. The molecule has 0 amide bonds. The van der Waals surface area contributed by atoms with E-state index in [0.717, 1.165) is 146 Å². The molecule has 0 nitrogen and oxygen atoms in total. The molecule has 0 radical (unpaired) electrons. The first kappa shape index (κ1) is 58.3. The van der Waals surface area contributed by atoms with E-state index in [9.17, 15) is 0 Å². The predicted octanol–water partition coefficient (Wildman–Crippen LogP) is 20.9. The molecular weight excluding hydrogens is 769 g/mol. The molecule has 0 aromatic carbocycles. The second kappa shape index (κ2) is 24.7. The fourth-order valence-electron chi connectivity index (χ4n) is 17.3. The Bertz CT molecular complexity index is 1180. The van der Waals surface area contributed by atoms with E-state index in [0.29, 0.717) is 0 Å². The Morgan fingerprint density at radius 1 is 0.266 bits per heavy atom. The van der Waals surface area contributed by atoms with Crippen LogP contribution in [0, 0.1) is 146 Å². The molecule has 8 unspecified atom stereocenters. The van der Waals surface area contributed by atoms with Gasteiger partial charge in [-0.1, -0.05) is 173 Å². The van der Waals surface area contributed by atoms with Gasteiger partial charge in [-0.05, 0) is 236 Å². The Kier molecular flexibility index (Phi) is 22.5. The zero-order valence-corrected chi connectivity index (χ0v) is 48.8. The van der Waals surface area contributed by atoms with Crippen molar-refractivity contribution < 1.29 is 0 Å². The van der Waals surface area contributed by atoms with Crippen LogP contribution in [0.4, 0.5) is 0 Å². The van der Waals surface area contributed by atoms with Gasteiger partial charge in [-0.3, -0.25) is 0 Å². The highest BCUT2D eigenvalue weighted by Gasteiger charge is 2.57. The molecule has 0 spiro atoms. The molecule has 8 fully saturated rings. The van der Waals surface area contributed by atoms with Gasteiger partial charge >= 0.3 is 0 Å². The van der Waals surface area contributed by atoms with Crippen molar-refractivity contribution in [1.29, 1.82) is 0 Å². The predicted molar refractivity (Wildman–Crippen MR) is 290 cm³/mol. The fourth-order valence-corrected chi connectivity index (χ4v) is 17.3. The smallest absolute Gasteiger partial charge is 0.0195 e. The zero-order chi connectivity index (χ0) is 48.8. The van der Waals surface area contributed by atoms with Crippen molar-refractivity contribution >= 4 is 0 Å². The molecule has 0 aliphatic heterocycles. The minimum absolute atomic E-state index is 0.722. The Morgan fingerprint density at radius 3 is 0.656 bits per heavy atom. The largest absolute Gasteiger partial charge is 0.0625 e. The zero-order valence-electron chi connectivity index (χ0n) is 48.8. The first-order valence-electron chi connectivity index (χ1n) is 29.6. The lowest BCUT2D eigenvalue weighted by atomic mass is 9.56. The Morgan fingerprint density at radius 2 is 0.547 bits per heavy atom. The summed E-state index contributed by atoms with van der Waals surface area (Å²) in [5.74, 6) is 21.6. The molecule has 8 aliphatic rings. The van der Waals surface area contributed by atoms with Gasteiger partial charge in [0.05, 0.1) is 0 Å². The molecule has 0 heterocycles. The van der Waals surface area contributed by atoms with Crippen LogP contribution in [0.25, 0.3) is 0 Å². The summed E-state index contributed by atoms with van der Waals surface area (Å²) in [5, 5.41) is 0. The van der Waals surface area contributed by atoms with Crippen LogP contribution in [-0.2, 0) is 0 Å². The maximum atomic E-state index is 2.46. The van der Waals surface area contributed by atoms with Crippen LogP contribution in [0.2, 0.25) is 0 Å². The van der Waals surface area contributed by atoms with Crippen molar-refractivity contribution in [1.82, 2.24) is 0 Å². The molecule has 0 saturated heterocycles. The number of fused-ring (bicyclic) bond motifs is 4. The van der Waals surface area contributed by atoms with Crippen LogP contribution in [0.1, 0.15) is 262 Å². The van der Waals surface area contributed by atoms with Crippen molar-refractivity contribution in [2.75, 3.05) is 0 Å². The minimum atomic E-state index is 0.722. The Balaban J connectivity index is 0.000000206. The van der Waals surface area contributed by atoms with Gasteiger partial charge in [0.25, 0.3) is 0 Å². The van der Waals surface area contributed by atoms with Crippen molar-refractivity contribution in [3.63, 3.8) is 0 Å². The molecule has 0 heteroatoms.